The van der Waals surface area contributed by atoms with E-state index in [1.54, 1.807) is 6.08 Å². The van der Waals surface area contributed by atoms with Crippen LogP contribution < -0.4 is 4.74 Å². The van der Waals surface area contributed by atoms with Crippen molar-refractivity contribution in [3.05, 3.63) is 84.7 Å². The van der Waals surface area contributed by atoms with E-state index in [9.17, 15) is 10.1 Å². The molecule has 0 unspecified atom stereocenters. The molecule has 1 heterocycles. The zero-order chi connectivity index (χ0) is 19.4. The Kier molecular flexibility index (Phi) is 5.93. The molecule has 0 amide bonds. The zero-order valence-electron chi connectivity index (χ0n) is 14.2. The second kappa shape index (κ2) is 8.37. The number of nitro groups is 1. The van der Waals surface area contributed by atoms with Crippen molar-refractivity contribution in [3.63, 3.8) is 0 Å². The van der Waals surface area contributed by atoms with Crippen LogP contribution in [0.25, 0.3) is 12.2 Å². The van der Waals surface area contributed by atoms with Crippen LogP contribution in [-0.4, -0.2) is 10.1 Å². The summed E-state index contributed by atoms with van der Waals surface area (Å²) in [5.41, 5.74) is 1.94. The molecule has 0 atom stereocenters. The number of halogens is 2. The fraction of sp³-hybridized carbons (Fsp3) is 0.105. The molecule has 1 aromatic heterocycles. The molecule has 0 saturated heterocycles. The van der Waals surface area contributed by atoms with Gasteiger partial charge in [-0.3, -0.25) is 10.1 Å². The molecule has 3 rings (SSSR count). The molecule has 27 heavy (non-hydrogen) atoms. The molecular weight excluding hydrogens is 436 g/mol. The monoisotopic (exact) mass is 448 g/mol. The van der Waals surface area contributed by atoms with Crippen LogP contribution in [0.1, 0.15) is 22.6 Å². The summed E-state index contributed by atoms with van der Waals surface area (Å²) in [6.45, 7) is 1.94. The van der Waals surface area contributed by atoms with Gasteiger partial charge in [-0.2, -0.15) is 0 Å². The number of rotatable bonds is 6. The molecule has 6 nitrogen and oxygen atoms in total. The summed E-state index contributed by atoms with van der Waals surface area (Å²) in [6, 6.07) is 12.9. The highest BCUT2D eigenvalue weighted by Crippen LogP contribution is 2.29. The standard InChI is InChI=1S/C19H14BrClN2O4/c1-12-19(23(24)25)18(27-22-12)9-5-13-4-8-17(16(20)10-13)26-11-14-2-6-15(21)7-3-14/h2-10H,11H2,1H3/b9-5-. The molecule has 0 fully saturated rings. The van der Waals surface area contributed by atoms with E-state index in [2.05, 4.69) is 21.1 Å². The number of ether oxygens (including phenoxy) is 1. The first-order valence-corrected chi connectivity index (χ1v) is 9.06. The fourth-order valence-corrected chi connectivity index (χ4v) is 3.00. The molecule has 2 aromatic carbocycles. The van der Waals surface area contributed by atoms with Crippen LogP contribution in [0.3, 0.4) is 0 Å². The number of hydrogen-bond acceptors (Lipinski definition) is 5. The van der Waals surface area contributed by atoms with Gasteiger partial charge in [0.1, 0.15) is 12.4 Å². The number of hydrogen-bond donors (Lipinski definition) is 0. The van der Waals surface area contributed by atoms with E-state index >= 15 is 0 Å². The van der Waals surface area contributed by atoms with Crippen LogP contribution >= 0.6 is 27.5 Å². The Morgan fingerprint density at radius 1 is 1.26 bits per heavy atom. The lowest BCUT2D eigenvalue weighted by atomic mass is 10.2. The van der Waals surface area contributed by atoms with Crippen LogP contribution in [0, 0.1) is 17.0 Å². The van der Waals surface area contributed by atoms with Crippen molar-refractivity contribution in [2.24, 2.45) is 0 Å². The van der Waals surface area contributed by atoms with E-state index in [1.165, 1.54) is 13.0 Å². The van der Waals surface area contributed by atoms with Gasteiger partial charge in [-0.05, 0) is 64.3 Å². The van der Waals surface area contributed by atoms with E-state index in [0.29, 0.717) is 17.4 Å². The van der Waals surface area contributed by atoms with Gasteiger partial charge in [-0.15, -0.1) is 0 Å². The highest BCUT2D eigenvalue weighted by atomic mass is 79.9. The minimum absolute atomic E-state index is 0.108. The van der Waals surface area contributed by atoms with Crippen LogP contribution in [0.4, 0.5) is 5.69 Å². The average molecular weight is 450 g/mol. The summed E-state index contributed by atoms with van der Waals surface area (Å²) >= 11 is 9.35. The highest BCUT2D eigenvalue weighted by Gasteiger charge is 2.21. The molecular formula is C19H14BrClN2O4. The van der Waals surface area contributed by atoms with Crippen molar-refractivity contribution in [1.29, 1.82) is 0 Å². The van der Waals surface area contributed by atoms with E-state index < -0.39 is 4.92 Å². The smallest absolute Gasteiger partial charge is 0.338 e. The quantitative estimate of drug-likeness (QED) is 0.338. The molecule has 3 aromatic rings. The van der Waals surface area contributed by atoms with E-state index in [-0.39, 0.29) is 17.1 Å². The third-order valence-electron chi connectivity index (χ3n) is 3.73. The van der Waals surface area contributed by atoms with Gasteiger partial charge in [0, 0.05) is 5.02 Å². The van der Waals surface area contributed by atoms with Gasteiger partial charge in [0.25, 0.3) is 0 Å². The predicted octanol–water partition coefficient (Wildman–Crippen LogP) is 6.06. The van der Waals surface area contributed by atoms with Crippen LogP contribution in [0.5, 0.6) is 5.75 Å². The van der Waals surface area contributed by atoms with E-state index in [4.69, 9.17) is 20.9 Å². The Bertz CT molecular complexity index is 999. The van der Waals surface area contributed by atoms with Gasteiger partial charge in [-0.1, -0.05) is 41.0 Å². The Hall–Kier alpha value is -2.64. The van der Waals surface area contributed by atoms with E-state index in [0.717, 1.165) is 15.6 Å². The molecule has 0 bridgehead atoms. The molecule has 0 spiro atoms. The topological polar surface area (TPSA) is 78.4 Å². The number of nitrogens with zero attached hydrogens (tertiary/aromatic N) is 2. The van der Waals surface area contributed by atoms with Gasteiger partial charge in [0.2, 0.25) is 5.76 Å². The number of benzene rings is 2. The molecule has 0 N–H and O–H groups in total. The first-order chi connectivity index (χ1) is 12.9. The SMILES string of the molecule is Cc1noc(/C=C\c2ccc(OCc3ccc(Cl)cc3)c(Br)c2)c1[N+](=O)[O-]. The van der Waals surface area contributed by atoms with Crippen molar-refractivity contribution in [2.45, 2.75) is 13.5 Å². The third kappa shape index (κ3) is 4.75. The predicted molar refractivity (Wildman–Crippen MR) is 107 cm³/mol. The summed E-state index contributed by atoms with van der Waals surface area (Å²) in [5.74, 6) is 0.792. The van der Waals surface area contributed by atoms with Gasteiger partial charge < -0.3 is 9.26 Å². The second-order valence-electron chi connectivity index (χ2n) is 5.68. The Labute approximate surface area is 168 Å². The van der Waals surface area contributed by atoms with Gasteiger partial charge in [0.05, 0.1) is 9.40 Å². The molecule has 0 aliphatic carbocycles. The first-order valence-electron chi connectivity index (χ1n) is 7.89. The summed E-state index contributed by atoms with van der Waals surface area (Å²) in [5, 5.41) is 15.4. The fourth-order valence-electron chi connectivity index (χ4n) is 2.37. The molecule has 138 valence electrons. The molecule has 0 radical (unpaired) electrons. The minimum Gasteiger partial charge on any atom is -0.488 e. The van der Waals surface area contributed by atoms with Gasteiger partial charge in [-0.25, -0.2) is 0 Å². The normalized spacial score (nSPS) is 11.1. The van der Waals surface area contributed by atoms with Gasteiger partial charge in [0.15, 0.2) is 5.69 Å². The van der Waals surface area contributed by atoms with Crippen LogP contribution in [0.15, 0.2) is 51.5 Å². The zero-order valence-corrected chi connectivity index (χ0v) is 16.5. The Balaban J connectivity index is 1.71. The number of aromatic nitrogens is 1. The second-order valence-corrected chi connectivity index (χ2v) is 6.97. The van der Waals surface area contributed by atoms with Crippen LogP contribution in [0.2, 0.25) is 5.02 Å². The Morgan fingerprint density at radius 2 is 2.00 bits per heavy atom. The number of aryl methyl sites for hydroxylation is 1. The molecule has 0 aliphatic rings. The Morgan fingerprint density at radius 3 is 2.67 bits per heavy atom. The van der Waals surface area contributed by atoms with Crippen molar-refractivity contribution in [2.75, 3.05) is 0 Å². The molecule has 0 aliphatic heterocycles. The minimum atomic E-state index is -0.505. The van der Waals surface area contributed by atoms with Crippen molar-refractivity contribution < 1.29 is 14.2 Å². The average Bonchev–Trinajstić information content (AvgIpc) is 3.01. The maximum atomic E-state index is 11.1. The first kappa shape index (κ1) is 19.1. The maximum Gasteiger partial charge on any atom is 0.338 e. The van der Waals surface area contributed by atoms with E-state index in [1.807, 2.05) is 42.5 Å². The van der Waals surface area contributed by atoms with Crippen molar-refractivity contribution in [3.8, 4) is 5.75 Å². The maximum absolute atomic E-state index is 11.1. The molecule has 8 heteroatoms. The molecule has 0 saturated carbocycles. The lowest BCUT2D eigenvalue weighted by molar-refractivity contribution is -0.386. The lowest BCUT2D eigenvalue weighted by Crippen LogP contribution is -1.96. The summed E-state index contributed by atoms with van der Waals surface area (Å²) in [6.07, 6.45) is 3.23. The van der Waals surface area contributed by atoms with Gasteiger partial charge >= 0.3 is 5.69 Å². The lowest BCUT2D eigenvalue weighted by Gasteiger charge is -2.09. The highest BCUT2D eigenvalue weighted by molar-refractivity contribution is 9.10. The summed E-state index contributed by atoms with van der Waals surface area (Å²) in [7, 11) is 0. The summed E-state index contributed by atoms with van der Waals surface area (Å²) in [4.78, 5) is 10.6. The summed E-state index contributed by atoms with van der Waals surface area (Å²) < 4.78 is 11.6. The largest absolute Gasteiger partial charge is 0.488 e. The van der Waals surface area contributed by atoms with Crippen molar-refractivity contribution >= 4 is 45.4 Å². The third-order valence-corrected chi connectivity index (χ3v) is 4.60. The van der Waals surface area contributed by atoms with Crippen molar-refractivity contribution in [1.82, 2.24) is 5.16 Å². The van der Waals surface area contributed by atoms with Crippen LogP contribution in [-0.2, 0) is 6.61 Å².